The molecule has 0 amide bonds. The van der Waals surface area contributed by atoms with E-state index in [9.17, 15) is 10.2 Å². The first-order valence-corrected chi connectivity index (χ1v) is 5.48. The molecule has 0 radical (unpaired) electrons. The summed E-state index contributed by atoms with van der Waals surface area (Å²) in [5.74, 6) is 0.349. The van der Waals surface area contributed by atoms with Crippen molar-refractivity contribution < 1.29 is 10.2 Å². The molecule has 2 rings (SSSR count). The van der Waals surface area contributed by atoms with Gasteiger partial charge in [-0.05, 0) is 50.1 Å². The predicted octanol–water partition coefficient (Wildman–Crippen LogP) is 3.78. The van der Waals surface area contributed by atoms with Gasteiger partial charge in [-0.15, -0.1) is 0 Å². The van der Waals surface area contributed by atoms with Crippen LogP contribution in [-0.2, 0) is 0 Å². The Morgan fingerprint density at radius 3 is 2.21 bits per heavy atom. The maximum Gasteiger partial charge on any atom is 0.137 e. The first-order valence-electron chi connectivity index (χ1n) is 3.90. The minimum absolute atomic E-state index is 0.166. The number of fused-ring (bicyclic) bond motifs is 1. The van der Waals surface area contributed by atoms with E-state index in [0.717, 1.165) is 5.39 Å². The van der Waals surface area contributed by atoms with Gasteiger partial charge in [-0.25, -0.2) is 0 Å². The molecule has 0 fully saturated rings. The van der Waals surface area contributed by atoms with Gasteiger partial charge in [0.25, 0.3) is 0 Å². The van der Waals surface area contributed by atoms with Crippen molar-refractivity contribution in [3.63, 3.8) is 0 Å². The summed E-state index contributed by atoms with van der Waals surface area (Å²) in [5.41, 5.74) is 0. The Balaban J connectivity index is 2.94. The van der Waals surface area contributed by atoms with E-state index in [4.69, 9.17) is 0 Å². The molecule has 0 heterocycles. The summed E-state index contributed by atoms with van der Waals surface area (Å²) in [6.45, 7) is 0. The largest absolute Gasteiger partial charge is 0.507 e. The molecule has 2 nitrogen and oxygen atoms in total. The van der Waals surface area contributed by atoms with Crippen molar-refractivity contribution in [1.29, 1.82) is 0 Å². The Morgan fingerprint density at radius 1 is 0.857 bits per heavy atom. The molecule has 0 spiro atoms. The number of rotatable bonds is 0. The quantitative estimate of drug-likeness (QED) is 0.776. The van der Waals surface area contributed by atoms with Gasteiger partial charge in [-0.3, -0.25) is 0 Å². The topological polar surface area (TPSA) is 40.5 Å². The fraction of sp³-hybridized carbons (Fsp3) is 0. The fourth-order valence-electron chi connectivity index (χ4n) is 1.31. The SMILES string of the molecule is Oc1ccc2c(O)c(Br)ccc2c1Br. The van der Waals surface area contributed by atoms with Crippen molar-refractivity contribution in [2.45, 2.75) is 0 Å². The molecule has 14 heavy (non-hydrogen) atoms. The molecule has 72 valence electrons. The Labute approximate surface area is 97.4 Å². The maximum atomic E-state index is 9.72. The lowest BCUT2D eigenvalue weighted by atomic mass is 10.1. The van der Waals surface area contributed by atoms with Crippen molar-refractivity contribution in [2.75, 3.05) is 0 Å². The molecule has 0 aliphatic heterocycles. The van der Waals surface area contributed by atoms with Gasteiger partial charge in [0, 0.05) is 10.8 Å². The van der Waals surface area contributed by atoms with Crippen LogP contribution in [0.1, 0.15) is 0 Å². The summed E-state index contributed by atoms with van der Waals surface area (Å²) in [5, 5.41) is 20.6. The summed E-state index contributed by atoms with van der Waals surface area (Å²) >= 11 is 6.49. The number of hydrogen-bond donors (Lipinski definition) is 2. The van der Waals surface area contributed by atoms with Gasteiger partial charge >= 0.3 is 0 Å². The number of benzene rings is 2. The number of hydrogen-bond acceptors (Lipinski definition) is 2. The normalized spacial score (nSPS) is 10.7. The second-order valence-corrected chi connectivity index (χ2v) is 4.54. The van der Waals surface area contributed by atoms with Crippen LogP contribution in [0.15, 0.2) is 33.2 Å². The van der Waals surface area contributed by atoms with Gasteiger partial charge < -0.3 is 10.2 Å². The molecule has 0 saturated carbocycles. The number of halogens is 2. The number of phenols is 2. The molecule has 0 saturated heterocycles. The van der Waals surface area contributed by atoms with E-state index in [-0.39, 0.29) is 11.5 Å². The summed E-state index contributed by atoms with van der Waals surface area (Å²) < 4.78 is 1.24. The van der Waals surface area contributed by atoms with E-state index in [1.54, 1.807) is 18.2 Å². The molecular weight excluding hydrogens is 312 g/mol. The second kappa shape index (κ2) is 3.44. The van der Waals surface area contributed by atoms with E-state index in [2.05, 4.69) is 31.9 Å². The third kappa shape index (κ3) is 1.38. The Kier molecular flexibility index (Phi) is 2.41. The number of aromatic hydroxyl groups is 2. The highest BCUT2D eigenvalue weighted by atomic mass is 79.9. The third-order valence-electron chi connectivity index (χ3n) is 2.04. The van der Waals surface area contributed by atoms with E-state index >= 15 is 0 Å². The van der Waals surface area contributed by atoms with Gasteiger partial charge in [0.15, 0.2) is 0 Å². The molecule has 2 N–H and O–H groups in total. The van der Waals surface area contributed by atoms with E-state index in [1.165, 1.54) is 0 Å². The van der Waals surface area contributed by atoms with Crippen molar-refractivity contribution in [2.24, 2.45) is 0 Å². The Morgan fingerprint density at radius 2 is 1.50 bits per heavy atom. The zero-order valence-corrected chi connectivity index (χ0v) is 10.1. The van der Waals surface area contributed by atoms with Crippen LogP contribution in [0.4, 0.5) is 0 Å². The van der Waals surface area contributed by atoms with E-state index in [1.807, 2.05) is 6.07 Å². The molecule has 0 aliphatic rings. The highest BCUT2D eigenvalue weighted by molar-refractivity contribution is 9.11. The van der Waals surface area contributed by atoms with Gasteiger partial charge in [-0.2, -0.15) is 0 Å². The van der Waals surface area contributed by atoms with Gasteiger partial charge in [-0.1, -0.05) is 6.07 Å². The van der Waals surface area contributed by atoms with Crippen LogP contribution in [0.3, 0.4) is 0 Å². The molecule has 0 atom stereocenters. The molecule has 2 aromatic carbocycles. The third-order valence-corrected chi connectivity index (χ3v) is 3.51. The standard InChI is InChI=1S/C10H6Br2O2/c11-7-3-1-5-6(10(7)14)2-4-8(13)9(5)12/h1-4,13-14H. The average Bonchev–Trinajstić information content (AvgIpc) is 2.17. The van der Waals surface area contributed by atoms with Crippen LogP contribution in [0.5, 0.6) is 11.5 Å². The van der Waals surface area contributed by atoms with Crippen LogP contribution in [0.2, 0.25) is 0 Å². The van der Waals surface area contributed by atoms with Crippen LogP contribution >= 0.6 is 31.9 Å². The zero-order chi connectivity index (χ0) is 10.3. The highest BCUT2D eigenvalue weighted by Crippen LogP contribution is 2.39. The first-order chi connectivity index (χ1) is 6.61. The lowest BCUT2D eigenvalue weighted by molar-refractivity contribution is 0.471. The Hall–Kier alpha value is -0.740. The molecule has 0 aliphatic carbocycles. The van der Waals surface area contributed by atoms with Crippen LogP contribution in [0.25, 0.3) is 10.8 Å². The molecule has 0 bridgehead atoms. The fourth-order valence-corrected chi connectivity index (χ4v) is 2.14. The van der Waals surface area contributed by atoms with Crippen molar-refractivity contribution >= 4 is 42.6 Å². The first kappa shape index (κ1) is 9.80. The summed E-state index contributed by atoms with van der Waals surface area (Å²) in [6.07, 6.45) is 0. The summed E-state index contributed by atoms with van der Waals surface area (Å²) in [4.78, 5) is 0. The van der Waals surface area contributed by atoms with E-state index < -0.39 is 0 Å². The van der Waals surface area contributed by atoms with Gasteiger partial charge in [0.05, 0.1) is 8.95 Å². The van der Waals surface area contributed by atoms with E-state index in [0.29, 0.717) is 14.3 Å². The van der Waals surface area contributed by atoms with Crippen molar-refractivity contribution in [3.8, 4) is 11.5 Å². The van der Waals surface area contributed by atoms with Crippen molar-refractivity contribution in [1.82, 2.24) is 0 Å². The van der Waals surface area contributed by atoms with Crippen LogP contribution in [-0.4, -0.2) is 10.2 Å². The highest BCUT2D eigenvalue weighted by Gasteiger charge is 2.08. The molecule has 2 aromatic rings. The van der Waals surface area contributed by atoms with Gasteiger partial charge in [0.1, 0.15) is 11.5 Å². The van der Waals surface area contributed by atoms with Crippen molar-refractivity contribution in [3.05, 3.63) is 33.2 Å². The maximum absolute atomic E-state index is 9.72. The Bertz CT molecular complexity index is 462. The average molecular weight is 318 g/mol. The minimum Gasteiger partial charge on any atom is -0.507 e. The summed E-state index contributed by atoms with van der Waals surface area (Å²) in [7, 11) is 0. The molecule has 0 unspecified atom stereocenters. The molecule has 0 aromatic heterocycles. The molecular formula is C10H6Br2O2. The smallest absolute Gasteiger partial charge is 0.137 e. The predicted molar refractivity (Wildman–Crippen MR) is 62.7 cm³/mol. The van der Waals surface area contributed by atoms with Crippen LogP contribution in [0, 0.1) is 0 Å². The number of phenolic OH excluding ortho intramolecular Hbond substituents is 2. The van der Waals surface area contributed by atoms with Crippen LogP contribution < -0.4 is 0 Å². The lowest BCUT2D eigenvalue weighted by Crippen LogP contribution is -1.78. The van der Waals surface area contributed by atoms with Gasteiger partial charge in [0.2, 0.25) is 0 Å². The zero-order valence-electron chi connectivity index (χ0n) is 6.96. The second-order valence-electron chi connectivity index (χ2n) is 2.89. The molecule has 4 heteroatoms. The monoisotopic (exact) mass is 316 g/mol. The minimum atomic E-state index is 0.166. The lowest BCUT2D eigenvalue weighted by Gasteiger charge is -2.06. The summed E-state index contributed by atoms with van der Waals surface area (Å²) in [6, 6.07) is 6.78.